The third kappa shape index (κ3) is 1.76. The zero-order valence-corrected chi connectivity index (χ0v) is 11.6. The van der Waals surface area contributed by atoms with Crippen LogP contribution in [0.2, 0.25) is 0 Å². The second-order valence-electron chi connectivity index (χ2n) is 4.07. The maximum atomic E-state index is 5.87. The predicted molar refractivity (Wildman–Crippen MR) is 79.1 cm³/mol. The molecule has 1 aromatic heterocycles. The topological polar surface area (TPSA) is 13.1 Å². The summed E-state index contributed by atoms with van der Waals surface area (Å²) >= 11 is 2.27. The number of rotatable bonds is 1. The monoisotopic (exact) mass is 334 g/mol. The van der Waals surface area contributed by atoms with E-state index in [9.17, 15) is 0 Å². The largest absolute Gasteiger partial charge is 0.449 e. The van der Waals surface area contributed by atoms with E-state index >= 15 is 0 Å². The van der Waals surface area contributed by atoms with Crippen molar-refractivity contribution in [2.75, 3.05) is 0 Å². The number of hydrogen-bond donors (Lipinski definition) is 0. The molecule has 0 bridgehead atoms. The van der Waals surface area contributed by atoms with Crippen LogP contribution in [-0.2, 0) is 0 Å². The first kappa shape index (κ1) is 10.8. The fourth-order valence-electron chi connectivity index (χ4n) is 2.11. The lowest BCUT2D eigenvalue weighted by Gasteiger charge is -1.99. The van der Waals surface area contributed by atoms with Gasteiger partial charge in [0.05, 0.1) is 0 Å². The first-order valence-corrected chi connectivity index (χ1v) is 6.58. The second kappa shape index (κ2) is 4.18. The molecular formula is C15H11IO. The van der Waals surface area contributed by atoms with Crippen molar-refractivity contribution in [3.63, 3.8) is 0 Å². The highest BCUT2D eigenvalue weighted by Crippen LogP contribution is 2.36. The molecule has 0 amide bonds. The molecule has 0 aliphatic heterocycles. The molecule has 0 saturated carbocycles. The van der Waals surface area contributed by atoms with Gasteiger partial charge in [-0.2, -0.15) is 0 Å². The van der Waals surface area contributed by atoms with Crippen LogP contribution in [0.25, 0.3) is 22.1 Å². The minimum Gasteiger partial charge on any atom is -0.449 e. The number of para-hydroxylation sites is 1. The molecular weight excluding hydrogens is 323 g/mol. The van der Waals surface area contributed by atoms with E-state index in [1.54, 1.807) is 0 Å². The summed E-state index contributed by atoms with van der Waals surface area (Å²) in [6, 6.07) is 16.7. The molecule has 1 nitrogen and oxygen atoms in total. The van der Waals surface area contributed by atoms with Crippen LogP contribution < -0.4 is 0 Å². The standard InChI is InChI=1S/C15H11IO/c1-10-6-5-9-12-13(15(16)17-14(10)12)11-7-3-2-4-8-11/h2-9H,1H3. The Morgan fingerprint density at radius 3 is 2.47 bits per heavy atom. The predicted octanol–water partition coefficient (Wildman–Crippen LogP) is 5.01. The van der Waals surface area contributed by atoms with Gasteiger partial charge in [-0.3, -0.25) is 0 Å². The maximum absolute atomic E-state index is 5.87. The van der Waals surface area contributed by atoms with Crippen molar-refractivity contribution >= 4 is 33.6 Å². The zero-order valence-electron chi connectivity index (χ0n) is 9.41. The van der Waals surface area contributed by atoms with Gasteiger partial charge in [-0.25, -0.2) is 0 Å². The maximum Gasteiger partial charge on any atom is 0.172 e. The molecule has 3 rings (SSSR count). The van der Waals surface area contributed by atoms with Crippen molar-refractivity contribution in [3.8, 4) is 11.1 Å². The van der Waals surface area contributed by atoms with Crippen molar-refractivity contribution < 1.29 is 4.42 Å². The van der Waals surface area contributed by atoms with Crippen molar-refractivity contribution in [2.24, 2.45) is 0 Å². The van der Waals surface area contributed by atoms with Gasteiger partial charge in [-0.05, 0) is 18.1 Å². The third-order valence-electron chi connectivity index (χ3n) is 2.93. The fraction of sp³-hybridized carbons (Fsp3) is 0.0667. The zero-order chi connectivity index (χ0) is 11.8. The summed E-state index contributed by atoms with van der Waals surface area (Å²) in [5, 5.41) is 1.20. The lowest BCUT2D eigenvalue weighted by molar-refractivity contribution is 0.583. The number of halogens is 1. The quantitative estimate of drug-likeness (QED) is 0.570. The number of furan rings is 1. The van der Waals surface area contributed by atoms with Crippen molar-refractivity contribution in [1.82, 2.24) is 0 Å². The molecule has 0 aliphatic carbocycles. The van der Waals surface area contributed by atoms with Crippen LogP contribution >= 0.6 is 22.6 Å². The number of hydrogen-bond acceptors (Lipinski definition) is 1. The Hall–Kier alpha value is -1.29. The molecule has 17 heavy (non-hydrogen) atoms. The molecule has 2 heteroatoms. The summed E-state index contributed by atoms with van der Waals surface area (Å²) in [4.78, 5) is 0. The normalized spacial score (nSPS) is 10.9. The van der Waals surface area contributed by atoms with Gasteiger partial charge in [0.15, 0.2) is 3.77 Å². The van der Waals surface area contributed by atoms with Crippen LogP contribution in [0.1, 0.15) is 5.56 Å². The summed E-state index contributed by atoms with van der Waals surface area (Å²) < 4.78 is 6.83. The Labute approximate surface area is 114 Å². The third-order valence-corrected chi connectivity index (χ3v) is 3.69. The van der Waals surface area contributed by atoms with Gasteiger partial charge in [0.25, 0.3) is 0 Å². The summed E-state index contributed by atoms with van der Waals surface area (Å²) in [6.45, 7) is 2.08. The van der Waals surface area contributed by atoms with Gasteiger partial charge in [0.1, 0.15) is 5.58 Å². The minimum atomic E-state index is 0.957. The van der Waals surface area contributed by atoms with Crippen LogP contribution in [0.15, 0.2) is 52.9 Å². The Balaban J connectivity index is 2.37. The van der Waals surface area contributed by atoms with Gasteiger partial charge < -0.3 is 4.42 Å². The van der Waals surface area contributed by atoms with E-state index in [0.717, 1.165) is 9.35 Å². The highest BCUT2D eigenvalue weighted by atomic mass is 127. The Morgan fingerprint density at radius 1 is 0.941 bits per heavy atom. The number of aryl methyl sites for hydroxylation is 1. The minimum absolute atomic E-state index is 0.957. The summed E-state index contributed by atoms with van der Waals surface area (Å²) in [5.74, 6) is 0. The highest BCUT2D eigenvalue weighted by molar-refractivity contribution is 14.1. The molecule has 0 aliphatic rings. The Bertz CT molecular complexity index is 668. The smallest absolute Gasteiger partial charge is 0.172 e. The summed E-state index contributed by atoms with van der Waals surface area (Å²) in [6.07, 6.45) is 0. The van der Waals surface area contributed by atoms with Gasteiger partial charge in [0.2, 0.25) is 0 Å². The lowest BCUT2D eigenvalue weighted by atomic mass is 10.0. The van der Waals surface area contributed by atoms with E-state index < -0.39 is 0 Å². The van der Waals surface area contributed by atoms with Crippen LogP contribution in [0, 0.1) is 10.7 Å². The first-order chi connectivity index (χ1) is 8.27. The molecule has 0 N–H and O–H groups in total. The number of benzene rings is 2. The molecule has 0 saturated heterocycles. The first-order valence-electron chi connectivity index (χ1n) is 5.50. The van der Waals surface area contributed by atoms with E-state index in [2.05, 4.69) is 72.0 Å². The molecule has 2 aromatic carbocycles. The van der Waals surface area contributed by atoms with Crippen molar-refractivity contribution in [1.29, 1.82) is 0 Å². The highest BCUT2D eigenvalue weighted by Gasteiger charge is 2.14. The van der Waals surface area contributed by atoms with Crippen LogP contribution in [-0.4, -0.2) is 0 Å². The average Bonchev–Trinajstić information content (AvgIpc) is 2.68. The van der Waals surface area contributed by atoms with Crippen molar-refractivity contribution in [2.45, 2.75) is 6.92 Å². The Kier molecular flexibility index (Phi) is 2.67. The fourth-order valence-corrected chi connectivity index (χ4v) is 2.93. The van der Waals surface area contributed by atoms with Crippen LogP contribution in [0.4, 0.5) is 0 Å². The Morgan fingerprint density at radius 2 is 1.71 bits per heavy atom. The van der Waals surface area contributed by atoms with E-state index in [0.29, 0.717) is 0 Å². The summed E-state index contributed by atoms with van der Waals surface area (Å²) in [7, 11) is 0. The average molecular weight is 334 g/mol. The summed E-state index contributed by atoms with van der Waals surface area (Å²) in [5.41, 5.74) is 4.59. The molecule has 0 spiro atoms. The van der Waals surface area contributed by atoms with Gasteiger partial charge in [0, 0.05) is 33.5 Å². The molecule has 0 atom stereocenters. The van der Waals surface area contributed by atoms with Crippen LogP contribution in [0.5, 0.6) is 0 Å². The molecule has 84 valence electrons. The van der Waals surface area contributed by atoms with E-state index in [4.69, 9.17) is 4.42 Å². The molecule has 3 aromatic rings. The van der Waals surface area contributed by atoms with E-state index in [1.807, 2.05) is 6.07 Å². The van der Waals surface area contributed by atoms with E-state index in [-0.39, 0.29) is 0 Å². The van der Waals surface area contributed by atoms with Crippen molar-refractivity contribution in [3.05, 3.63) is 57.9 Å². The molecule has 1 heterocycles. The van der Waals surface area contributed by atoms with Crippen LogP contribution in [0.3, 0.4) is 0 Å². The van der Waals surface area contributed by atoms with Gasteiger partial charge >= 0.3 is 0 Å². The van der Waals surface area contributed by atoms with Gasteiger partial charge in [-0.15, -0.1) is 0 Å². The van der Waals surface area contributed by atoms with Gasteiger partial charge in [-0.1, -0.05) is 48.5 Å². The second-order valence-corrected chi connectivity index (χ2v) is 5.05. The molecule has 0 radical (unpaired) electrons. The van der Waals surface area contributed by atoms with E-state index in [1.165, 1.54) is 22.1 Å². The SMILES string of the molecule is Cc1cccc2c(-c3ccccc3)c(I)oc12. The molecule has 0 fully saturated rings. The lowest BCUT2D eigenvalue weighted by Crippen LogP contribution is -1.77. The number of fused-ring (bicyclic) bond motifs is 1. The molecule has 0 unspecified atom stereocenters.